The van der Waals surface area contributed by atoms with Crippen LogP contribution in [0.4, 0.5) is 5.69 Å². The van der Waals surface area contributed by atoms with E-state index in [1.54, 1.807) is 4.72 Å². The van der Waals surface area contributed by atoms with Gasteiger partial charge < -0.3 is 16.0 Å². The molecule has 0 aliphatic rings. The maximum atomic E-state index is 12.4. The zero-order chi connectivity index (χ0) is 26.1. The molecule has 0 saturated carbocycles. The number of anilines is 1. The maximum Gasteiger partial charge on any atom is 0.322 e. The lowest BCUT2D eigenvalue weighted by Crippen LogP contribution is -2.42. The van der Waals surface area contributed by atoms with Crippen LogP contribution in [0, 0.1) is 0 Å². The van der Waals surface area contributed by atoms with E-state index in [1.165, 1.54) is 12.1 Å². The number of rotatable bonds is 15. The number of benzene rings is 1. The fourth-order valence-electron chi connectivity index (χ4n) is 3.15. The summed E-state index contributed by atoms with van der Waals surface area (Å²) in [5.41, 5.74) is 0.208. The minimum absolute atomic E-state index is 0.208. The van der Waals surface area contributed by atoms with Gasteiger partial charge in [0.05, 0.1) is 4.90 Å². The lowest BCUT2D eigenvalue weighted by molar-refractivity contribution is -0.138. The normalized spacial score (nSPS) is 10.9. The average Bonchev–Trinajstić information content (AvgIpc) is 2.83. The Morgan fingerprint density at radius 1 is 0.629 bits per heavy atom. The summed E-state index contributed by atoms with van der Waals surface area (Å²) in [7, 11) is -4.28. The molecule has 0 radical (unpaired) electrons. The first-order chi connectivity index (χ1) is 16.7. The fraction of sp³-hybridized carbons (Fsp3) is 0.583. The van der Waals surface area contributed by atoms with Crippen LogP contribution in [0.3, 0.4) is 0 Å². The Bertz CT molecular complexity index is 932. The van der Waals surface area contributed by atoms with E-state index in [9.17, 15) is 27.6 Å². The van der Waals surface area contributed by atoms with Gasteiger partial charge in [-0.3, -0.25) is 19.2 Å². The molecule has 0 fully saturated rings. The predicted octanol–water partition coefficient (Wildman–Crippen LogP) is 2.60. The smallest absolute Gasteiger partial charge is 0.322 e. The zero-order valence-corrected chi connectivity index (χ0v) is 21.5. The van der Waals surface area contributed by atoms with E-state index in [0.29, 0.717) is 13.0 Å². The molecule has 0 saturated heterocycles. The first-order valence-electron chi connectivity index (χ1n) is 12.3. The van der Waals surface area contributed by atoms with Crippen LogP contribution >= 0.6 is 0 Å². The SMILES string of the molecule is CCCCCCCNC(=O)C(=O)Nc1ccc(S(=O)(=O)NC(=O)C(=O)NCCCCCCC)cc1. The molecule has 4 N–H and O–H groups in total. The number of carbonyl (C=O) groups excluding carboxylic acids is 4. The van der Waals surface area contributed by atoms with Crippen LogP contribution in [0.1, 0.15) is 78.1 Å². The molecular formula is C24H38N4O6S. The topological polar surface area (TPSA) is 151 Å². The number of carbonyl (C=O) groups is 4. The van der Waals surface area contributed by atoms with Crippen LogP contribution in [0.15, 0.2) is 29.2 Å². The number of amides is 4. The zero-order valence-electron chi connectivity index (χ0n) is 20.7. The summed E-state index contributed by atoms with van der Waals surface area (Å²) < 4.78 is 26.5. The van der Waals surface area contributed by atoms with Gasteiger partial charge >= 0.3 is 23.6 Å². The second-order valence-corrected chi connectivity index (χ2v) is 9.94. The molecule has 1 rings (SSSR count). The molecule has 0 unspecified atom stereocenters. The van der Waals surface area contributed by atoms with Gasteiger partial charge in [-0.25, -0.2) is 13.1 Å². The van der Waals surface area contributed by atoms with Crippen LogP contribution in [0.2, 0.25) is 0 Å². The summed E-state index contributed by atoms with van der Waals surface area (Å²) in [6.07, 6.45) is 9.94. The third-order valence-electron chi connectivity index (χ3n) is 5.19. The van der Waals surface area contributed by atoms with Gasteiger partial charge in [-0.05, 0) is 37.1 Å². The van der Waals surface area contributed by atoms with Crippen LogP contribution in [-0.2, 0) is 29.2 Å². The van der Waals surface area contributed by atoms with Crippen LogP contribution < -0.4 is 20.7 Å². The van der Waals surface area contributed by atoms with Gasteiger partial charge in [-0.15, -0.1) is 0 Å². The molecule has 0 atom stereocenters. The molecule has 0 aromatic heterocycles. The lowest BCUT2D eigenvalue weighted by atomic mass is 10.1. The standard InChI is InChI=1S/C24H38N4O6S/c1-3-5-7-9-11-17-25-21(29)23(31)27-19-13-15-20(16-14-19)35(33,34)28-24(32)22(30)26-18-12-10-8-6-4-2/h13-16H,3-12,17-18H2,1-2H3,(H,25,29)(H,26,30)(H,27,31)(H,28,32). The fourth-order valence-corrected chi connectivity index (χ4v) is 4.10. The van der Waals surface area contributed by atoms with Crippen molar-refractivity contribution in [1.82, 2.24) is 15.4 Å². The molecule has 0 aliphatic heterocycles. The Morgan fingerprint density at radius 2 is 1.09 bits per heavy atom. The van der Waals surface area contributed by atoms with E-state index >= 15 is 0 Å². The van der Waals surface area contributed by atoms with E-state index < -0.39 is 33.7 Å². The molecule has 10 nitrogen and oxygen atoms in total. The van der Waals surface area contributed by atoms with Gasteiger partial charge in [0.1, 0.15) is 0 Å². The van der Waals surface area contributed by atoms with Crippen molar-refractivity contribution in [1.29, 1.82) is 0 Å². The van der Waals surface area contributed by atoms with E-state index in [1.807, 2.05) is 0 Å². The van der Waals surface area contributed by atoms with Gasteiger partial charge in [-0.2, -0.15) is 0 Å². The first kappa shape index (κ1) is 30.1. The maximum absolute atomic E-state index is 12.4. The number of nitrogens with one attached hydrogen (secondary N) is 4. The van der Waals surface area contributed by atoms with Crippen molar-refractivity contribution in [2.24, 2.45) is 0 Å². The predicted molar refractivity (Wildman–Crippen MR) is 134 cm³/mol. The van der Waals surface area contributed by atoms with E-state index in [0.717, 1.165) is 69.9 Å². The lowest BCUT2D eigenvalue weighted by Gasteiger charge is -2.09. The Hall–Kier alpha value is -2.95. The van der Waals surface area contributed by atoms with Gasteiger partial charge in [0.2, 0.25) is 0 Å². The van der Waals surface area contributed by atoms with Crippen molar-refractivity contribution in [2.75, 3.05) is 18.4 Å². The highest BCUT2D eigenvalue weighted by molar-refractivity contribution is 7.90. The first-order valence-corrected chi connectivity index (χ1v) is 13.7. The summed E-state index contributed by atoms with van der Waals surface area (Å²) in [5, 5.41) is 7.33. The molecule has 0 spiro atoms. The van der Waals surface area contributed by atoms with E-state index in [4.69, 9.17) is 0 Å². The summed E-state index contributed by atoms with van der Waals surface area (Å²) in [4.78, 5) is 47.4. The van der Waals surface area contributed by atoms with Crippen LogP contribution in [0.5, 0.6) is 0 Å². The average molecular weight is 511 g/mol. The van der Waals surface area contributed by atoms with Crippen molar-refractivity contribution in [3.63, 3.8) is 0 Å². The molecule has 11 heteroatoms. The molecule has 0 bridgehead atoms. The quantitative estimate of drug-likeness (QED) is 0.210. The van der Waals surface area contributed by atoms with Gasteiger partial charge in [0.25, 0.3) is 10.0 Å². The monoisotopic (exact) mass is 510 g/mol. The molecule has 0 aliphatic carbocycles. The highest BCUT2D eigenvalue weighted by Gasteiger charge is 2.22. The second-order valence-electron chi connectivity index (χ2n) is 8.25. The van der Waals surface area contributed by atoms with Crippen molar-refractivity contribution in [3.05, 3.63) is 24.3 Å². The summed E-state index contributed by atoms with van der Waals surface area (Å²) in [6, 6.07) is 4.88. The molecule has 4 amide bonds. The van der Waals surface area contributed by atoms with Crippen LogP contribution in [0.25, 0.3) is 0 Å². The number of sulfonamides is 1. The molecule has 0 heterocycles. The molecule has 1 aromatic carbocycles. The minimum Gasteiger partial charge on any atom is -0.348 e. The Balaban J connectivity index is 2.48. The Labute approximate surface area is 208 Å². The van der Waals surface area contributed by atoms with Crippen molar-refractivity contribution < 1.29 is 27.6 Å². The largest absolute Gasteiger partial charge is 0.348 e. The highest BCUT2D eigenvalue weighted by atomic mass is 32.2. The third-order valence-corrected chi connectivity index (χ3v) is 6.54. The van der Waals surface area contributed by atoms with Crippen molar-refractivity contribution in [3.8, 4) is 0 Å². The second kappa shape index (κ2) is 16.6. The third kappa shape index (κ3) is 12.4. The molecule has 196 valence electrons. The summed E-state index contributed by atoms with van der Waals surface area (Å²) in [6.45, 7) is 4.89. The number of unbranched alkanes of at least 4 members (excludes halogenated alkanes) is 8. The van der Waals surface area contributed by atoms with Gasteiger partial charge in [0, 0.05) is 18.8 Å². The molecule has 35 heavy (non-hydrogen) atoms. The van der Waals surface area contributed by atoms with Crippen LogP contribution in [-0.4, -0.2) is 45.1 Å². The van der Waals surface area contributed by atoms with Crippen molar-refractivity contribution in [2.45, 2.75) is 83.0 Å². The van der Waals surface area contributed by atoms with Crippen molar-refractivity contribution >= 4 is 39.3 Å². The number of hydrogen-bond acceptors (Lipinski definition) is 6. The van der Waals surface area contributed by atoms with E-state index in [2.05, 4.69) is 29.8 Å². The Morgan fingerprint density at radius 3 is 1.57 bits per heavy atom. The summed E-state index contributed by atoms with van der Waals surface area (Å²) in [5.74, 6) is -3.94. The van der Waals surface area contributed by atoms with Gasteiger partial charge in [-0.1, -0.05) is 65.2 Å². The number of hydrogen-bond donors (Lipinski definition) is 4. The highest BCUT2D eigenvalue weighted by Crippen LogP contribution is 2.14. The van der Waals surface area contributed by atoms with E-state index in [-0.39, 0.29) is 17.1 Å². The Kier molecular flexibility index (Phi) is 14.3. The molecular weight excluding hydrogens is 472 g/mol. The molecule has 1 aromatic rings. The van der Waals surface area contributed by atoms with Gasteiger partial charge in [0.15, 0.2) is 0 Å². The summed E-state index contributed by atoms with van der Waals surface area (Å²) >= 11 is 0. The minimum atomic E-state index is -4.28.